The van der Waals surface area contributed by atoms with E-state index in [1.165, 1.54) is 30.2 Å². The van der Waals surface area contributed by atoms with Gasteiger partial charge in [-0.2, -0.15) is 0 Å². The molecule has 5 rings (SSSR count). The maximum absolute atomic E-state index is 15.1. The summed E-state index contributed by atoms with van der Waals surface area (Å²) >= 11 is 0. The summed E-state index contributed by atoms with van der Waals surface area (Å²) in [6.45, 7) is -0.858. The van der Waals surface area contributed by atoms with Crippen LogP contribution in [0.1, 0.15) is 36.8 Å². The highest BCUT2D eigenvalue weighted by Crippen LogP contribution is 2.27. The van der Waals surface area contributed by atoms with Gasteiger partial charge in [-0.3, -0.25) is 13.9 Å². The molecule has 4 aromatic rings. The molecule has 46 heavy (non-hydrogen) atoms. The van der Waals surface area contributed by atoms with Crippen molar-refractivity contribution in [3.63, 3.8) is 0 Å². The first-order valence-electron chi connectivity index (χ1n) is 15.4. The Morgan fingerprint density at radius 2 is 1.48 bits per heavy atom. The maximum atomic E-state index is 15.1. The van der Waals surface area contributed by atoms with Crippen molar-refractivity contribution < 1.29 is 27.1 Å². The summed E-state index contributed by atoms with van der Waals surface area (Å²) in [6, 6.07) is 28.5. The van der Waals surface area contributed by atoms with Crippen LogP contribution in [0.25, 0.3) is 0 Å². The zero-order valence-electron chi connectivity index (χ0n) is 25.7. The molecule has 240 valence electrons. The fourth-order valence-electron chi connectivity index (χ4n) is 5.73. The molecule has 1 aliphatic carbocycles. The smallest absolute Gasteiger partial charge is 0.264 e. The van der Waals surface area contributed by atoms with Gasteiger partial charge in [0.2, 0.25) is 11.8 Å². The van der Waals surface area contributed by atoms with Gasteiger partial charge in [0, 0.05) is 24.6 Å². The Morgan fingerprint density at radius 1 is 0.870 bits per heavy atom. The van der Waals surface area contributed by atoms with E-state index in [9.17, 15) is 18.0 Å². The Morgan fingerprint density at radius 3 is 2.11 bits per heavy atom. The highest BCUT2D eigenvalue weighted by molar-refractivity contribution is 7.92. The molecule has 2 amide bonds. The number of ether oxygens (including phenoxy) is 1. The molecule has 0 aromatic heterocycles. The minimum absolute atomic E-state index is 0.000848. The van der Waals surface area contributed by atoms with E-state index in [0.29, 0.717) is 5.75 Å². The van der Waals surface area contributed by atoms with E-state index in [-0.39, 0.29) is 41.1 Å². The Labute approximate surface area is 269 Å². The molecular weight excluding hydrogens is 605 g/mol. The van der Waals surface area contributed by atoms with Crippen LogP contribution in [0.5, 0.6) is 5.75 Å². The summed E-state index contributed by atoms with van der Waals surface area (Å²) in [5, 5.41) is 3.12. The van der Waals surface area contributed by atoms with E-state index in [0.717, 1.165) is 35.6 Å². The number of carbonyl (C=O) groups excluding carboxylic acids is 2. The van der Waals surface area contributed by atoms with Crippen molar-refractivity contribution in [1.29, 1.82) is 0 Å². The number of nitrogens with one attached hydrogen (secondary N) is 1. The average molecular weight is 644 g/mol. The Hall–Kier alpha value is -4.70. The van der Waals surface area contributed by atoms with Gasteiger partial charge in [0.1, 0.15) is 24.2 Å². The largest absolute Gasteiger partial charge is 0.497 e. The molecule has 0 radical (unpaired) electrons. The van der Waals surface area contributed by atoms with Gasteiger partial charge in [0.05, 0.1) is 17.7 Å². The third-order valence-corrected chi connectivity index (χ3v) is 10.0. The van der Waals surface area contributed by atoms with Crippen LogP contribution in [0.4, 0.5) is 10.1 Å². The average Bonchev–Trinajstić information content (AvgIpc) is 3.60. The van der Waals surface area contributed by atoms with Crippen molar-refractivity contribution >= 4 is 27.5 Å². The number of hydrogen-bond donors (Lipinski definition) is 1. The third-order valence-electron chi connectivity index (χ3n) is 8.24. The molecule has 0 aliphatic heterocycles. The fraction of sp³-hybridized carbons (Fsp3) is 0.278. The van der Waals surface area contributed by atoms with Crippen LogP contribution in [0.3, 0.4) is 0 Å². The molecule has 1 atom stereocenters. The minimum atomic E-state index is -4.24. The second kappa shape index (κ2) is 15.1. The number of benzene rings is 4. The van der Waals surface area contributed by atoms with E-state index in [1.54, 1.807) is 60.7 Å². The molecule has 0 unspecified atom stereocenters. The first-order valence-corrected chi connectivity index (χ1v) is 16.8. The second-order valence-electron chi connectivity index (χ2n) is 11.3. The topological polar surface area (TPSA) is 96.0 Å². The van der Waals surface area contributed by atoms with Crippen LogP contribution in [-0.4, -0.2) is 50.9 Å². The second-order valence-corrected chi connectivity index (χ2v) is 13.2. The van der Waals surface area contributed by atoms with Gasteiger partial charge in [0.25, 0.3) is 10.0 Å². The predicted octanol–water partition coefficient (Wildman–Crippen LogP) is 5.73. The lowest BCUT2D eigenvalue weighted by atomic mass is 10.0. The number of hydrogen-bond acceptors (Lipinski definition) is 5. The lowest BCUT2D eigenvalue weighted by molar-refractivity contribution is -0.140. The third kappa shape index (κ3) is 7.92. The van der Waals surface area contributed by atoms with E-state index in [2.05, 4.69) is 5.32 Å². The first-order chi connectivity index (χ1) is 22.3. The molecule has 0 saturated heterocycles. The van der Waals surface area contributed by atoms with Crippen molar-refractivity contribution in [3.05, 3.63) is 126 Å². The highest BCUT2D eigenvalue weighted by atomic mass is 32.2. The lowest BCUT2D eigenvalue weighted by Gasteiger charge is -2.34. The Kier molecular flexibility index (Phi) is 10.7. The summed E-state index contributed by atoms with van der Waals surface area (Å²) in [7, 11) is -2.74. The van der Waals surface area contributed by atoms with Gasteiger partial charge in [-0.25, -0.2) is 12.8 Å². The summed E-state index contributed by atoms with van der Waals surface area (Å²) in [5.41, 5.74) is 1.26. The van der Waals surface area contributed by atoms with E-state index in [4.69, 9.17) is 4.74 Å². The molecule has 1 aliphatic rings. The molecule has 0 bridgehead atoms. The summed E-state index contributed by atoms with van der Waals surface area (Å²) in [4.78, 5) is 29.8. The number of rotatable bonds is 13. The van der Waals surface area contributed by atoms with Gasteiger partial charge >= 0.3 is 0 Å². The first kappa shape index (κ1) is 32.7. The molecule has 8 nitrogen and oxygen atoms in total. The maximum Gasteiger partial charge on any atom is 0.264 e. The molecule has 0 spiro atoms. The van der Waals surface area contributed by atoms with E-state index >= 15 is 4.39 Å². The number of nitrogens with zero attached hydrogens (tertiary/aromatic N) is 2. The zero-order chi connectivity index (χ0) is 32.5. The van der Waals surface area contributed by atoms with Crippen LogP contribution in [-0.2, 0) is 32.6 Å². The number of halogens is 1. The lowest BCUT2D eigenvalue weighted by Crippen LogP contribution is -2.54. The Balaban J connectivity index is 1.56. The van der Waals surface area contributed by atoms with Crippen LogP contribution < -0.4 is 14.4 Å². The molecule has 1 N–H and O–H groups in total. The SMILES string of the molecule is COc1ccc(N(CC(=O)N(Cc2ccccc2F)[C@@H](Cc2ccccc2)C(=O)NC2CCCC2)S(=O)(=O)c2ccccc2)cc1. The normalized spacial score (nSPS) is 14.0. The van der Waals surface area contributed by atoms with Crippen LogP contribution in [0, 0.1) is 5.82 Å². The van der Waals surface area contributed by atoms with Crippen molar-refractivity contribution in [1.82, 2.24) is 10.2 Å². The van der Waals surface area contributed by atoms with Gasteiger partial charge < -0.3 is 15.0 Å². The van der Waals surface area contributed by atoms with Crippen LogP contribution >= 0.6 is 0 Å². The van der Waals surface area contributed by atoms with Gasteiger partial charge in [-0.15, -0.1) is 0 Å². The predicted molar refractivity (Wildman–Crippen MR) is 175 cm³/mol. The minimum Gasteiger partial charge on any atom is -0.497 e. The molecule has 1 saturated carbocycles. The number of carbonyl (C=O) groups is 2. The molecule has 1 fully saturated rings. The quantitative estimate of drug-likeness (QED) is 0.201. The zero-order valence-corrected chi connectivity index (χ0v) is 26.5. The van der Waals surface area contributed by atoms with E-state index in [1.807, 2.05) is 30.3 Å². The van der Waals surface area contributed by atoms with Crippen molar-refractivity contribution in [2.75, 3.05) is 18.0 Å². The molecule has 0 heterocycles. The van der Waals surface area contributed by atoms with Crippen molar-refractivity contribution in [3.8, 4) is 5.75 Å². The Bertz CT molecular complexity index is 1710. The number of methoxy groups -OCH3 is 1. The van der Waals surface area contributed by atoms with Crippen molar-refractivity contribution in [2.24, 2.45) is 0 Å². The monoisotopic (exact) mass is 643 g/mol. The number of anilines is 1. The van der Waals surface area contributed by atoms with Crippen LogP contribution in [0.2, 0.25) is 0 Å². The van der Waals surface area contributed by atoms with Gasteiger partial charge in [0.15, 0.2) is 0 Å². The highest BCUT2D eigenvalue weighted by Gasteiger charge is 2.36. The van der Waals surface area contributed by atoms with Crippen molar-refractivity contribution in [2.45, 2.75) is 55.6 Å². The number of amides is 2. The summed E-state index contributed by atoms with van der Waals surface area (Å²) in [6.07, 6.45) is 3.84. The standard InChI is InChI=1S/C36H38FN3O5S/c1-45-31-22-20-30(21-23-31)40(46(43,44)32-17-6-3-7-18-32)26-35(41)39(25-28-14-8-11-19-33(28)37)34(24-27-12-4-2-5-13-27)36(42)38-29-15-9-10-16-29/h2-8,11-14,17-23,29,34H,9-10,15-16,24-26H2,1H3,(H,38,42)/t34-/m0/s1. The van der Waals surface area contributed by atoms with Gasteiger partial charge in [-0.1, -0.05) is 79.6 Å². The van der Waals surface area contributed by atoms with Crippen LogP contribution in [0.15, 0.2) is 114 Å². The van der Waals surface area contributed by atoms with Gasteiger partial charge in [-0.05, 0) is 60.9 Å². The summed E-state index contributed by atoms with van der Waals surface area (Å²) < 4.78 is 49.5. The number of sulfonamides is 1. The molecular formula is C36H38FN3O5S. The molecule has 10 heteroatoms. The van der Waals surface area contributed by atoms with E-state index < -0.39 is 34.3 Å². The molecule has 4 aromatic carbocycles. The fourth-order valence-corrected chi connectivity index (χ4v) is 7.16. The summed E-state index contributed by atoms with van der Waals surface area (Å²) in [5.74, 6) is -1.03.